The highest BCUT2D eigenvalue weighted by atomic mass is 19.1. The van der Waals surface area contributed by atoms with Gasteiger partial charge in [0.2, 0.25) is 5.91 Å². The molecule has 1 aromatic carbocycles. The lowest BCUT2D eigenvalue weighted by Crippen LogP contribution is -2.55. The summed E-state index contributed by atoms with van der Waals surface area (Å²) in [5.74, 6) is -1.34. The minimum Gasteiger partial charge on any atom is -0.353 e. The molecule has 4 rings (SSSR count). The zero-order chi connectivity index (χ0) is 16.8. The molecule has 1 aromatic rings. The molecule has 2 saturated heterocycles. The van der Waals surface area contributed by atoms with E-state index in [4.69, 9.17) is 0 Å². The summed E-state index contributed by atoms with van der Waals surface area (Å²) in [4.78, 5) is 15.0. The molecule has 3 nitrogen and oxygen atoms in total. The number of benzene rings is 1. The van der Waals surface area contributed by atoms with Crippen molar-refractivity contribution in [3.8, 4) is 0 Å². The lowest BCUT2D eigenvalue weighted by molar-refractivity contribution is -0.123. The van der Waals surface area contributed by atoms with Crippen LogP contribution in [0.3, 0.4) is 0 Å². The van der Waals surface area contributed by atoms with Gasteiger partial charge in [-0.3, -0.25) is 4.79 Å². The number of nitrogens with one attached hydrogen (secondary N) is 1. The van der Waals surface area contributed by atoms with E-state index < -0.39 is 11.6 Å². The predicted molar refractivity (Wildman–Crippen MR) is 87.6 cm³/mol. The molecule has 130 valence electrons. The lowest BCUT2D eigenvalue weighted by Gasteiger charge is -2.47. The second-order valence-electron chi connectivity index (χ2n) is 7.70. The molecule has 24 heavy (non-hydrogen) atoms. The van der Waals surface area contributed by atoms with Crippen molar-refractivity contribution in [2.75, 3.05) is 7.05 Å². The monoisotopic (exact) mass is 334 g/mol. The molecule has 3 fully saturated rings. The number of carbonyl (C=O) groups excluding carboxylic acids is 1. The fourth-order valence-electron chi connectivity index (χ4n) is 4.67. The van der Waals surface area contributed by atoms with Crippen LogP contribution in [-0.4, -0.2) is 36.0 Å². The summed E-state index contributed by atoms with van der Waals surface area (Å²) in [6.07, 6.45) is 6.41. The lowest BCUT2D eigenvalue weighted by atomic mass is 9.82. The Morgan fingerprint density at radius 1 is 1.17 bits per heavy atom. The van der Waals surface area contributed by atoms with E-state index in [1.54, 1.807) is 0 Å². The van der Waals surface area contributed by atoms with Crippen LogP contribution >= 0.6 is 0 Å². The summed E-state index contributed by atoms with van der Waals surface area (Å²) >= 11 is 0. The summed E-state index contributed by atoms with van der Waals surface area (Å²) in [6, 6.07) is 5.04. The SMILES string of the molecule is CN1[C@H]2CCC[C@H]1CC(NC(=O)[C@H]1C[C@@H]1c1ccc(F)cc1F)C2. The number of piperidine rings is 2. The molecule has 1 N–H and O–H groups in total. The fourth-order valence-corrected chi connectivity index (χ4v) is 4.67. The first-order chi connectivity index (χ1) is 11.5. The molecular weight excluding hydrogens is 310 g/mol. The Morgan fingerprint density at radius 2 is 1.88 bits per heavy atom. The number of nitrogens with zero attached hydrogens (tertiary/aromatic N) is 1. The highest BCUT2D eigenvalue weighted by Gasteiger charge is 2.46. The van der Waals surface area contributed by atoms with Gasteiger partial charge in [0, 0.05) is 30.1 Å². The molecule has 0 aromatic heterocycles. The Hall–Kier alpha value is -1.49. The van der Waals surface area contributed by atoms with Gasteiger partial charge in [-0.2, -0.15) is 0 Å². The maximum absolute atomic E-state index is 13.9. The van der Waals surface area contributed by atoms with E-state index in [0.29, 0.717) is 24.1 Å². The molecule has 5 heteroatoms. The summed E-state index contributed by atoms with van der Waals surface area (Å²) in [5.41, 5.74) is 0.469. The number of amides is 1. The maximum Gasteiger partial charge on any atom is 0.223 e. The average molecular weight is 334 g/mol. The van der Waals surface area contributed by atoms with Gasteiger partial charge in [-0.25, -0.2) is 8.78 Å². The van der Waals surface area contributed by atoms with Crippen molar-refractivity contribution in [1.82, 2.24) is 10.2 Å². The van der Waals surface area contributed by atoms with Crippen LogP contribution in [-0.2, 0) is 4.79 Å². The van der Waals surface area contributed by atoms with E-state index in [1.807, 2.05) is 0 Å². The molecular formula is C19H24F2N2O. The van der Waals surface area contributed by atoms with Crippen LogP contribution in [0.4, 0.5) is 8.78 Å². The molecule has 2 bridgehead atoms. The number of hydrogen-bond donors (Lipinski definition) is 1. The van der Waals surface area contributed by atoms with E-state index >= 15 is 0 Å². The number of halogens is 2. The van der Waals surface area contributed by atoms with E-state index in [1.165, 1.54) is 31.4 Å². The van der Waals surface area contributed by atoms with Gasteiger partial charge in [0.15, 0.2) is 0 Å². The van der Waals surface area contributed by atoms with Gasteiger partial charge >= 0.3 is 0 Å². The third-order valence-electron chi connectivity index (χ3n) is 6.18. The molecule has 0 unspecified atom stereocenters. The van der Waals surface area contributed by atoms with Crippen molar-refractivity contribution in [1.29, 1.82) is 0 Å². The Balaban J connectivity index is 1.36. The third-order valence-corrected chi connectivity index (χ3v) is 6.18. The standard InChI is InChI=1S/C19H24F2N2O/c1-23-13-3-2-4-14(23)9-12(8-13)22-19(24)17-10-16(17)15-6-5-11(20)7-18(15)21/h5-7,12-14,16-17H,2-4,8-10H2,1H3,(H,22,24)/t13-,14-,16+,17-/m0/s1. The number of fused-ring (bicyclic) bond motifs is 2. The minimum absolute atomic E-state index is 0.0383. The van der Waals surface area contributed by atoms with Gasteiger partial charge in [-0.15, -0.1) is 0 Å². The first kappa shape index (κ1) is 16.0. The van der Waals surface area contributed by atoms with Crippen molar-refractivity contribution >= 4 is 5.91 Å². The first-order valence-electron chi connectivity index (χ1n) is 9.00. The number of carbonyl (C=O) groups is 1. The van der Waals surface area contributed by atoms with Crippen LogP contribution < -0.4 is 5.32 Å². The second kappa shape index (κ2) is 6.10. The summed E-state index contributed by atoms with van der Waals surface area (Å²) in [6.45, 7) is 0. The van der Waals surface area contributed by atoms with Crippen molar-refractivity contribution in [3.63, 3.8) is 0 Å². The predicted octanol–water partition coefficient (Wildman–Crippen LogP) is 3.20. The van der Waals surface area contributed by atoms with E-state index in [0.717, 1.165) is 18.9 Å². The summed E-state index contributed by atoms with van der Waals surface area (Å²) < 4.78 is 26.9. The topological polar surface area (TPSA) is 32.3 Å². The minimum atomic E-state index is -0.573. The van der Waals surface area contributed by atoms with E-state index in [2.05, 4.69) is 17.3 Å². The fraction of sp³-hybridized carbons (Fsp3) is 0.632. The van der Waals surface area contributed by atoms with Gasteiger partial charge in [-0.05, 0) is 56.7 Å². The van der Waals surface area contributed by atoms with E-state index in [-0.39, 0.29) is 23.8 Å². The zero-order valence-corrected chi connectivity index (χ0v) is 14.0. The third kappa shape index (κ3) is 2.94. The smallest absolute Gasteiger partial charge is 0.223 e. The molecule has 3 aliphatic rings. The number of rotatable bonds is 3. The van der Waals surface area contributed by atoms with Crippen molar-refractivity contribution in [3.05, 3.63) is 35.4 Å². The summed E-state index contributed by atoms with van der Waals surface area (Å²) in [7, 11) is 2.20. The Kier molecular flexibility index (Phi) is 4.07. The van der Waals surface area contributed by atoms with Crippen LogP contribution in [0, 0.1) is 17.6 Å². The largest absolute Gasteiger partial charge is 0.353 e. The molecule has 1 amide bonds. The van der Waals surface area contributed by atoms with Gasteiger partial charge < -0.3 is 10.2 Å². The first-order valence-corrected chi connectivity index (χ1v) is 9.00. The average Bonchev–Trinajstić information content (AvgIpc) is 3.28. The molecule has 2 heterocycles. The maximum atomic E-state index is 13.9. The molecule has 4 atom stereocenters. The number of hydrogen-bond acceptors (Lipinski definition) is 2. The molecule has 2 aliphatic heterocycles. The van der Waals surface area contributed by atoms with E-state index in [9.17, 15) is 13.6 Å². The zero-order valence-electron chi connectivity index (χ0n) is 14.0. The van der Waals surface area contributed by atoms with Crippen molar-refractivity contribution in [2.45, 2.75) is 62.6 Å². The quantitative estimate of drug-likeness (QED) is 0.921. The molecule has 1 aliphatic carbocycles. The van der Waals surface area contributed by atoms with Gasteiger partial charge in [-0.1, -0.05) is 12.5 Å². The van der Waals surface area contributed by atoms with Crippen LogP contribution in [0.25, 0.3) is 0 Å². The van der Waals surface area contributed by atoms with Gasteiger partial charge in [0.05, 0.1) is 0 Å². The second-order valence-corrected chi connectivity index (χ2v) is 7.70. The van der Waals surface area contributed by atoms with Crippen LogP contribution in [0.2, 0.25) is 0 Å². The van der Waals surface area contributed by atoms with Crippen LogP contribution in [0.5, 0.6) is 0 Å². The van der Waals surface area contributed by atoms with Crippen molar-refractivity contribution < 1.29 is 13.6 Å². The van der Waals surface area contributed by atoms with Gasteiger partial charge in [0.25, 0.3) is 0 Å². The summed E-state index contributed by atoms with van der Waals surface area (Å²) in [5, 5.41) is 3.20. The molecule has 1 saturated carbocycles. The Bertz CT molecular complexity index is 636. The van der Waals surface area contributed by atoms with Crippen molar-refractivity contribution in [2.24, 2.45) is 5.92 Å². The normalized spacial score (nSPS) is 35.5. The van der Waals surface area contributed by atoms with Crippen LogP contribution in [0.1, 0.15) is 50.0 Å². The highest BCUT2D eigenvalue weighted by molar-refractivity contribution is 5.83. The molecule has 0 spiro atoms. The van der Waals surface area contributed by atoms with Crippen LogP contribution in [0.15, 0.2) is 18.2 Å². The highest BCUT2D eigenvalue weighted by Crippen LogP contribution is 2.48. The molecule has 0 radical (unpaired) electrons. The van der Waals surface area contributed by atoms with Gasteiger partial charge in [0.1, 0.15) is 11.6 Å². The Morgan fingerprint density at radius 3 is 2.54 bits per heavy atom. The Labute approximate surface area is 141 Å².